The van der Waals surface area contributed by atoms with E-state index in [1.54, 1.807) is 0 Å². The zero-order valence-electron chi connectivity index (χ0n) is 13.4. The second-order valence-corrected chi connectivity index (χ2v) is 6.59. The molecule has 1 saturated heterocycles. The van der Waals surface area contributed by atoms with Crippen LogP contribution in [0, 0.1) is 12.8 Å². The lowest BCUT2D eigenvalue weighted by molar-refractivity contribution is -0.182. The molecule has 122 valence electrons. The third kappa shape index (κ3) is 2.75. The molecule has 1 aromatic carbocycles. The van der Waals surface area contributed by atoms with Crippen molar-refractivity contribution in [3.05, 3.63) is 30.0 Å². The number of hydrogen-bond donors (Lipinski definition) is 2. The highest BCUT2D eigenvalue weighted by Gasteiger charge is 2.41. The van der Waals surface area contributed by atoms with Crippen LogP contribution in [-0.2, 0) is 14.3 Å². The maximum atomic E-state index is 12.6. The van der Waals surface area contributed by atoms with Gasteiger partial charge in [0.2, 0.25) is 5.91 Å². The summed E-state index contributed by atoms with van der Waals surface area (Å²) in [6.45, 7) is 3.36. The number of H-pyrrole nitrogens is 1. The van der Waals surface area contributed by atoms with Gasteiger partial charge >= 0.3 is 0 Å². The molecule has 0 radical (unpaired) electrons. The van der Waals surface area contributed by atoms with Crippen molar-refractivity contribution in [2.24, 2.45) is 5.92 Å². The number of amides is 1. The molecule has 0 bridgehead atoms. The van der Waals surface area contributed by atoms with Crippen molar-refractivity contribution in [1.82, 2.24) is 4.98 Å². The third-order valence-corrected chi connectivity index (χ3v) is 4.98. The van der Waals surface area contributed by atoms with Crippen LogP contribution >= 0.6 is 0 Å². The van der Waals surface area contributed by atoms with Gasteiger partial charge in [-0.05, 0) is 31.9 Å². The summed E-state index contributed by atoms with van der Waals surface area (Å²) >= 11 is 0. The van der Waals surface area contributed by atoms with Crippen molar-refractivity contribution in [3.8, 4) is 0 Å². The number of benzene rings is 1. The van der Waals surface area contributed by atoms with Crippen LogP contribution in [0.15, 0.2) is 24.3 Å². The van der Waals surface area contributed by atoms with Crippen molar-refractivity contribution in [2.75, 3.05) is 18.5 Å². The molecule has 1 aliphatic carbocycles. The van der Waals surface area contributed by atoms with Crippen molar-refractivity contribution in [3.63, 3.8) is 0 Å². The molecule has 0 unspecified atom stereocenters. The summed E-state index contributed by atoms with van der Waals surface area (Å²) in [5.41, 5.74) is 2.94. The molecule has 2 aromatic rings. The first kappa shape index (κ1) is 14.7. The van der Waals surface area contributed by atoms with E-state index < -0.39 is 5.79 Å². The van der Waals surface area contributed by atoms with E-state index in [2.05, 4.69) is 16.4 Å². The van der Waals surface area contributed by atoms with Crippen molar-refractivity contribution in [1.29, 1.82) is 0 Å². The predicted molar refractivity (Wildman–Crippen MR) is 88.3 cm³/mol. The van der Waals surface area contributed by atoms with E-state index in [4.69, 9.17) is 9.47 Å². The monoisotopic (exact) mass is 314 g/mol. The maximum Gasteiger partial charge on any atom is 0.227 e. The Labute approximate surface area is 135 Å². The number of aryl methyl sites for hydroxylation is 1. The second kappa shape index (κ2) is 5.65. The van der Waals surface area contributed by atoms with Crippen LogP contribution in [-0.4, -0.2) is 29.9 Å². The minimum absolute atomic E-state index is 0.0275. The van der Waals surface area contributed by atoms with Gasteiger partial charge < -0.3 is 19.8 Å². The molecule has 2 heterocycles. The molecule has 2 fully saturated rings. The van der Waals surface area contributed by atoms with Gasteiger partial charge in [0.15, 0.2) is 5.79 Å². The standard InChI is InChI=1S/C18H22N2O3/c1-12-11-14-3-2-4-15(16(14)19-12)20-17(21)13-5-7-18(8-6-13)22-9-10-23-18/h2-4,11,13,19H,5-10H2,1H3,(H,20,21). The van der Waals surface area contributed by atoms with Crippen LogP contribution in [0.4, 0.5) is 5.69 Å². The zero-order valence-corrected chi connectivity index (χ0v) is 13.4. The molecule has 2 aliphatic rings. The number of rotatable bonds is 2. The van der Waals surface area contributed by atoms with Gasteiger partial charge in [0, 0.05) is 29.8 Å². The summed E-state index contributed by atoms with van der Waals surface area (Å²) in [6.07, 6.45) is 3.23. The molecule has 1 saturated carbocycles. The number of para-hydroxylation sites is 1. The average Bonchev–Trinajstić information content (AvgIpc) is 3.15. The first-order chi connectivity index (χ1) is 11.2. The SMILES string of the molecule is Cc1cc2cccc(NC(=O)C3CCC4(CC3)OCCO4)c2[nH]1. The second-order valence-electron chi connectivity index (χ2n) is 6.59. The molecule has 2 N–H and O–H groups in total. The van der Waals surface area contributed by atoms with Crippen LogP contribution in [0.2, 0.25) is 0 Å². The van der Waals surface area contributed by atoms with Crippen molar-refractivity contribution >= 4 is 22.5 Å². The fourth-order valence-electron chi connectivity index (χ4n) is 3.74. The third-order valence-electron chi connectivity index (χ3n) is 4.98. The lowest BCUT2D eigenvalue weighted by Crippen LogP contribution is -2.38. The molecular weight excluding hydrogens is 292 g/mol. The van der Waals surface area contributed by atoms with E-state index in [-0.39, 0.29) is 11.8 Å². The number of ether oxygens (including phenoxy) is 2. The van der Waals surface area contributed by atoms with E-state index in [1.807, 2.05) is 25.1 Å². The topological polar surface area (TPSA) is 63.4 Å². The Morgan fingerprint density at radius 2 is 2.00 bits per heavy atom. The minimum Gasteiger partial charge on any atom is -0.357 e. The number of carbonyl (C=O) groups is 1. The van der Waals surface area contributed by atoms with E-state index in [1.165, 1.54) is 0 Å². The number of hydrogen-bond acceptors (Lipinski definition) is 3. The van der Waals surface area contributed by atoms with Gasteiger partial charge in [-0.1, -0.05) is 12.1 Å². The molecule has 4 rings (SSSR count). The van der Waals surface area contributed by atoms with Crippen LogP contribution in [0.1, 0.15) is 31.4 Å². The van der Waals surface area contributed by atoms with Crippen LogP contribution in [0.3, 0.4) is 0 Å². The van der Waals surface area contributed by atoms with E-state index in [0.29, 0.717) is 13.2 Å². The Morgan fingerprint density at radius 1 is 1.26 bits per heavy atom. The number of nitrogens with one attached hydrogen (secondary N) is 2. The molecular formula is C18H22N2O3. The first-order valence-electron chi connectivity index (χ1n) is 8.32. The maximum absolute atomic E-state index is 12.6. The Bertz CT molecular complexity index is 721. The predicted octanol–water partition coefficient (Wildman–Crippen LogP) is 3.35. The van der Waals surface area contributed by atoms with Crippen LogP contribution in [0.5, 0.6) is 0 Å². The van der Waals surface area contributed by atoms with Gasteiger partial charge in [0.25, 0.3) is 0 Å². The Kier molecular flexibility index (Phi) is 3.62. The van der Waals surface area contributed by atoms with E-state index >= 15 is 0 Å². The lowest BCUT2D eigenvalue weighted by atomic mass is 9.84. The smallest absolute Gasteiger partial charge is 0.227 e. The Morgan fingerprint density at radius 3 is 2.74 bits per heavy atom. The fourth-order valence-corrected chi connectivity index (χ4v) is 3.74. The summed E-state index contributed by atoms with van der Waals surface area (Å²) in [5, 5.41) is 4.22. The van der Waals surface area contributed by atoms with Crippen molar-refractivity contribution in [2.45, 2.75) is 38.4 Å². The largest absolute Gasteiger partial charge is 0.357 e. The molecule has 1 aromatic heterocycles. The van der Waals surface area contributed by atoms with Crippen LogP contribution < -0.4 is 5.32 Å². The molecule has 5 nitrogen and oxygen atoms in total. The summed E-state index contributed by atoms with van der Waals surface area (Å²) in [7, 11) is 0. The van der Waals surface area contributed by atoms with E-state index in [9.17, 15) is 4.79 Å². The number of fused-ring (bicyclic) bond motifs is 1. The normalized spacial score (nSPS) is 21.1. The van der Waals surface area contributed by atoms with Gasteiger partial charge in [-0.3, -0.25) is 4.79 Å². The minimum atomic E-state index is -0.409. The zero-order chi connectivity index (χ0) is 15.9. The quantitative estimate of drug-likeness (QED) is 0.893. The fraction of sp³-hybridized carbons (Fsp3) is 0.500. The first-order valence-corrected chi connectivity index (χ1v) is 8.32. The van der Waals surface area contributed by atoms with E-state index in [0.717, 1.165) is 48.0 Å². The number of aromatic nitrogens is 1. The van der Waals surface area contributed by atoms with Gasteiger partial charge in [-0.2, -0.15) is 0 Å². The molecule has 23 heavy (non-hydrogen) atoms. The van der Waals surface area contributed by atoms with Gasteiger partial charge in [-0.25, -0.2) is 0 Å². The Balaban J connectivity index is 1.45. The molecule has 1 amide bonds. The van der Waals surface area contributed by atoms with Crippen molar-refractivity contribution < 1.29 is 14.3 Å². The number of carbonyl (C=O) groups excluding carboxylic acids is 1. The highest BCUT2D eigenvalue weighted by Crippen LogP contribution is 2.38. The highest BCUT2D eigenvalue weighted by atomic mass is 16.7. The lowest BCUT2D eigenvalue weighted by Gasteiger charge is -2.34. The summed E-state index contributed by atoms with van der Waals surface area (Å²) in [6, 6.07) is 8.06. The number of aromatic amines is 1. The summed E-state index contributed by atoms with van der Waals surface area (Å²) in [5.74, 6) is -0.287. The summed E-state index contributed by atoms with van der Waals surface area (Å²) < 4.78 is 11.5. The molecule has 5 heteroatoms. The average molecular weight is 314 g/mol. The summed E-state index contributed by atoms with van der Waals surface area (Å²) in [4.78, 5) is 15.9. The highest BCUT2D eigenvalue weighted by molar-refractivity contribution is 6.01. The molecule has 0 atom stereocenters. The Hall–Kier alpha value is -1.85. The molecule has 1 spiro atoms. The van der Waals surface area contributed by atoms with Gasteiger partial charge in [0.1, 0.15) is 0 Å². The van der Waals surface area contributed by atoms with Gasteiger partial charge in [-0.15, -0.1) is 0 Å². The van der Waals surface area contributed by atoms with Gasteiger partial charge in [0.05, 0.1) is 24.4 Å². The number of anilines is 1. The molecule has 1 aliphatic heterocycles. The van der Waals surface area contributed by atoms with Crippen LogP contribution in [0.25, 0.3) is 10.9 Å².